The number of hydrogen-bond acceptors (Lipinski definition) is 3. The Morgan fingerprint density at radius 1 is 1.17 bits per heavy atom. The Kier molecular flexibility index (Phi) is 5.94. The summed E-state index contributed by atoms with van der Waals surface area (Å²) in [7, 11) is 0. The topological polar surface area (TPSA) is 44.4 Å². The minimum atomic E-state index is 0.0636. The quantitative estimate of drug-likeness (QED) is 0.722. The lowest BCUT2D eigenvalue weighted by atomic mass is 10.0. The molecule has 0 aromatic carbocycles. The first kappa shape index (κ1) is 13.8. The molecule has 4 heteroatoms. The number of nitrogens with one attached hydrogen (secondary N) is 2. The van der Waals surface area contributed by atoms with Crippen molar-refractivity contribution in [2.45, 2.75) is 51.0 Å². The first-order valence-electron chi connectivity index (χ1n) is 7.60. The number of rotatable bonds is 5. The minimum absolute atomic E-state index is 0.0636. The van der Waals surface area contributed by atoms with Crippen LogP contribution in [0.3, 0.4) is 0 Å². The second-order valence-corrected chi connectivity index (χ2v) is 5.55. The van der Waals surface area contributed by atoms with Gasteiger partial charge in [-0.2, -0.15) is 0 Å². The predicted octanol–water partition coefficient (Wildman–Crippen LogP) is 1.12. The normalized spacial score (nSPS) is 25.9. The average molecular weight is 253 g/mol. The second-order valence-electron chi connectivity index (χ2n) is 5.55. The van der Waals surface area contributed by atoms with Gasteiger partial charge in [0, 0.05) is 6.54 Å². The van der Waals surface area contributed by atoms with E-state index >= 15 is 0 Å². The van der Waals surface area contributed by atoms with Gasteiger partial charge in [-0.05, 0) is 58.3 Å². The van der Waals surface area contributed by atoms with E-state index in [9.17, 15) is 4.79 Å². The number of carbonyl (C=O) groups excluding carboxylic acids is 1. The maximum atomic E-state index is 11.9. The molecule has 0 radical (unpaired) electrons. The highest BCUT2D eigenvalue weighted by atomic mass is 16.2. The van der Waals surface area contributed by atoms with E-state index in [1.54, 1.807) is 0 Å². The van der Waals surface area contributed by atoms with Gasteiger partial charge in [-0.1, -0.05) is 12.8 Å². The summed E-state index contributed by atoms with van der Waals surface area (Å²) in [6, 6.07) is 0.0636. The van der Waals surface area contributed by atoms with Gasteiger partial charge in [0.2, 0.25) is 5.91 Å². The summed E-state index contributed by atoms with van der Waals surface area (Å²) in [5.74, 6) is 0.202. The third-order valence-corrected chi connectivity index (χ3v) is 4.03. The molecule has 0 bridgehead atoms. The smallest absolute Gasteiger partial charge is 0.237 e. The van der Waals surface area contributed by atoms with E-state index in [1.807, 2.05) is 0 Å². The van der Waals surface area contributed by atoms with Gasteiger partial charge in [-0.15, -0.1) is 0 Å². The van der Waals surface area contributed by atoms with Gasteiger partial charge < -0.3 is 15.5 Å². The lowest BCUT2D eigenvalue weighted by Gasteiger charge is -2.26. The number of piperidine rings is 2. The molecule has 2 aliphatic heterocycles. The van der Waals surface area contributed by atoms with Gasteiger partial charge in [0.05, 0.1) is 6.04 Å². The summed E-state index contributed by atoms with van der Waals surface area (Å²) in [6.45, 7) is 5.45. The Hall–Kier alpha value is -0.610. The van der Waals surface area contributed by atoms with Gasteiger partial charge in [0.25, 0.3) is 0 Å². The van der Waals surface area contributed by atoms with E-state index in [-0.39, 0.29) is 11.9 Å². The van der Waals surface area contributed by atoms with Crippen LogP contribution in [0.15, 0.2) is 0 Å². The van der Waals surface area contributed by atoms with E-state index in [2.05, 4.69) is 15.5 Å². The lowest BCUT2D eigenvalue weighted by molar-refractivity contribution is -0.123. The van der Waals surface area contributed by atoms with Crippen LogP contribution in [0.1, 0.15) is 44.9 Å². The zero-order valence-corrected chi connectivity index (χ0v) is 11.4. The highest BCUT2D eigenvalue weighted by Gasteiger charge is 2.19. The fourth-order valence-corrected chi connectivity index (χ4v) is 2.90. The molecule has 2 heterocycles. The lowest BCUT2D eigenvalue weighted by Crippen LogP contribution is -2.47. The molecule has 18 heavy (non-hydrogen) atoms. The van der Waals surface area contributed by atoms with Crippen molar-refractivity contribution in [1.29, 1.82) is 0 Å². The molecular weight excluding hydrogens is 226 g/mol. The Morgan fingerprint density at radius 2 is 2.00 bits per heavy atom. The molecular formula is C14H27N3O. The molecule has 2 rings (SSSR count). The molecule has 4 nitrogen and oxygen atoms in total. The first-order valence-corrected chi connectivity index (χ1v) is 7.60. The fourth-order valence-electron chi connectivity index (χ4n) is 2.90. The van der Waals surface area contributed by atoms with E-state index in [1.165, 1.54) is 45.2 Å². The van der Waals surface area contributed by atoms with Gasteiger partial charge in [-0.3, -0.25) is 4.79 Å². The Labute approximate surface area is 110 Å². The van der Waals surface area contributed by atoms with E-state index in [0.717, 1.165) is 32.5 Å². The van der Waals surface area contributed by atoms with Crippen molar-refractivity contribution in [3.8, 4) is 0 Å². The average Bonchev–Trinajstić information content (AvgIpc) is 2.45. The van der Waals surface area contributed by atoms with E-state index < -0.39 is 0 Å². The van der Waals surface area contributed by atoms with Gasteiger partial charge in [-0.25, -0.2) is 0 Å². The third kappa shape index (κ3) is 4.58. The summed E-state index contributed by atoms with van der Waals surface area (Å²) < 4.78 is 0. The molecule has 2 saturated heterocycles. The minimum Gasteiger partial charge on any atom is -0.355 e. The molecule has 0 aromatic rings. The molecule has 104 valence electrons. The maximum Gasteiger partial charge on any atom is 0.237 e. The molecule has 2 N–H and O–H groups in total. The van der Waals surface area contributed by atoms with Crippen molar-refractivity contribution < 1.29 is 4.79 Å². The van der Waals surface area contributed by atoms with Crippen LogP contribution in [0, 0.1) is 0 Å². The second kappa shape index (κ2) is 7.74. The molecule has 0 aromatic heterocycles. The van der Waals surface area contributed by atoms with E-state index in [4.69, 9.17) is 0 Å². The predicted molar refractivity (Wildman–Crippen MR) is 73.6 cm³/mol. The summed E-state index contributed by atoms with van der Waals surface area (Å²) >= 11 is 0. The SMILES string of the molecule is O=C(NCCCN1CCCCC1)C1CCCCN1. The molecule has 1 amide bonds. The Morgan fingerprint density at radius 3 is 2.72 bits per heavy atom. The van der Waals surface area contributed by atoms with Crippen LogP contribution in [0.4, 0.5) is 0 Å². The molecule has 0 spiro atoms. The fraction of sp³-hybridized carbons (Fsp3) is 0.929. The van der Waals surface area contributed by atoms with Crippen LogP contribution in [-0.2, 0) is 4.79 Å². The van der Waals surface area contributed by atoms with Crippen LogP contribution in [-0.4, -0.2) is 49.6 Å². The molecule has 2 aliphatic rings. The largest absolute Gasteiger partial charge is 0.355 e. The van der Waals surface area contributed by atoms with Gasteiger partial charge in [0.15, 0.2) is 0 Å². The number of amides is 1. The monoisotopic (exact) mass is 253 g/mol. The van der Waals surface area contributed by atoms with Crippen molar-refractivity contribution in [1.82, 2.24) is 15.5 Å². The van der Waals surface area contributed by atoms with E-state index in [0.29, 0.717) is 0 Å². The maximum absolute atomic E-state index is 11.9. The summed E-state index contributed by atoms with van der Waals surface area (Å²) in [4.78, 5) is 14.4. The zero-order valence-electron chi connectivity index (χ0n) is 11.4. The van der Waals surface area contributed by atoms with Crippen LogP contribution in [0.2, 0.25) is 0 Å². The highest BCUT2D eigenvalue weighted by Crippen LogP contribution is 2.09. The number of likely N-dealkylation sites (tertiary alicyclic amines) is 1. The number of carbonyl (C=O) groups is 1. The number of hydrogen-bond donors (Lipinski definition) is 2. The molecule has 1 atom stereocenters. The molecule has 0 aliphatic carbocycles. The summed E-state index contributed by atoms with van der Waals surface area (Å²) in [5, 5.41) is 6.35. The number of nitrogens with zero attached hydrogens (tertiary/aromatic N) is 1. The van der Waals surface area contributed by atoms with Crippen molar-refractivity contribution in [2.24, 2.45) is 0 Å². The Balaban J connectivity index is 1.52. The van der Waals surface area contributed by atoms with Gasteiger partial charge in [0.1, 0.15) is 0 Å². The van der Waals surface area contributed by atoms with Crippen molar-refractivity contribution in [3.63, 3.8) is 0 Å². The van der Waals surface area contributed by atoms with Crippen molar-refractivity contribution >= 4 is 5.91 Å². The van der Waals surface area contributed by atoms with Crippen molar-refractivity contribution in [2.75, 3.05) is 32.7 Å². The first-order chi connectivity index (χ1) is 8.86. The molecule has 0 saturated carbocycles. The van der Waals surface area contributed by atoms with Crippen molar-refractivity contribution in [3.05, 3.63) is 0 Å². The Bertz CT molecular complexity index is 245. The summed E-state index contributed by atoms with van der Waals surface area (Å²) in [5.41, 5.74) is 0. The zero-order chi connectivity index (χ0) is 12.6. The molecule has 1 unspecified atom stereocenters. The summed E-state index contributed by atoms with van der Waals surface area (Å²) in [6.07, 6.45) is 8.55. The highest BCUT2D eigenvalue weighted by molar-refractivity contribution is 5.81. The third-order valence-electron chi connectivity index (χ3n) is 4.03. The standard InChI is InChI=1S/C14H27N3O/c18-14(13-7-2-3-8-15-13)16-9-6-12-17-10-4-1-5-11-17/h13,15H,1-12H2,(H,16,18). The molecule has 2 fully saturated rings. The van der Waals surface area contributed by atoms with Crippen LogP contribution in [0.25, 0.3) is 0 Å². The van der Waals surface area contributed by atoms with Gasteiger partial charge >= 0.3 is 0 Å². The van der Waals surface area contributed by atoms with Crippen LogP contribution < -0.4 is 10.6 Å². The van der Waals surface area contributed by atoms with Crippen LogP contribution >= 0.6 is 0 Å². The van der Waals surface area contributed by atoms with Crippen LogP contribution in [0.5, 0.6) is 0 Å².